The highest BCUT2D eigenvalue weighted by Crippen LogP contribution is 2.21. The van der Waals surface area contributed by atoms with Crippen molar-refractivity contribution in [3.63, 3.8) is 0 Å². The van der Waals surface area contributed by atoms with Gasteiger partial charge in [0.25, 0.3) is 5.91 Å². The number of hydrogen-bond acceptors (Lipinski definition) is 7. The Hall–Kier alpha value is -3.60. The number of benzene rings is 1. The van der Waals surface area contributed by atoms with E-state index in [1.54, 1.807) is 37.3 Å². The number of pyridine rings is 1. The summed E-state index contributed by atoms with van der Waals surface area (Å²) < 4.78 is 15.9. The Labute approximate surface area is 169 Å². The molecule has 1 aromatic heterocycles. The van der Waals surface area contributed by atoms with Gasteiger partial charge in [0.05, 0.1) is 25.7 Å². The molecule has 0 aliphatic carbocycles. The number of carbonyl (C=O) groups is 2. The fourth-order valence-electron chi connectivity index (χ4n) is 2.53. The van der Waals surface area contributed by atoms with Crippen LogP contribution in [0.4, 0.5) is 5.69 Å². The lowest BCUT2D eigenvalue weighted by molar-refractivity contribution is -0.121. The van der Waals surface area contributed by atoms with Crippen LogP contribution < -0.4 is 14.4 Å². The minimum absolute atomic E-state index is 0.143. The third kappa shape index (κ3) is 6.21. The predicted molar refractivity (Wildman–Crippen MR) is 106 cm³/mol. The number of esters is 1. The molecular weight excluding hydrogens is 374 g/mol. The van der Waals surface area contributed by atoms with Gasteiger partial charge < -0.3 is 19.1 Å². The minimum Gasteiger partial charge on any atom is -0.494 e. The number of amides is 1. The lowest BCUT2D eigenvalue weighted by Gasteiger charge is -2.22. The van der Waals surface area contributed by atoms with E-state index in [2.05, 4.69) is 4.98 Å². The summed E-state index contributed by atoms with van der Waals surface area (Å²) in [6.45, 7) is 4.23. The Kier molecular flexibility index (Phi) is 8.45. The summed E-state index contributed by atoms with van der Waals surface area (Å²) in [5.41, 5.74) is 0.730. The summed E-state index contributed by atoms with van der Waals surface area (Å²) in [7, 11) is 0. The molecule has 1 heterocycles. The Morgan fingerprint density at radius 1 is 1.10 bits per heavy atom. The van der Waals surface area contributed by atoms with Gasteiger partial charge in [0.2, 0.25) is 5.88 Å². The van der Waals surface area contributed by atoms with Crippen molar-refractivity contribution in [2.24, 2.45) is 0 Å². The van der Waals surface area contributed by atoms with E-state index in [4.69, 9.17) is 19.5 Å². The number of ether oxygens (including phenoxy) is 3. The van der Waals surface area contributed by atoms with Gasteiger partial charge in [0.1, 0.15) is 11.3 Å². The quantitative estimate of drug-likeness (QED) is 0.568. The van der Waals surface area contributed by atoms with Crippen LogP contribution in [0.15, 0.2) is 42.6 Å². The van der Waals surface area contributed by atoms with E-state index >= 15 is 0 Å². The number of nitrogens with zero attached hydrogens (tertiary/aromatic N) is 3. The highest BCUT2D eigenvalue weighted by Gasteiger charge is 2.20. The first-order valence-electron chi connectivity index (χ1n) is 9.25. The topological polar surface area (TPSA) is 102 Å². The molecular formula is C21H23N3O5. The van der Waals surface area contributed by atoms with E-state index in [-0.39, 0.29) is 24.4 Å². The molecule has 0 radical (unpaired) electrons. The Bertz CT molecular complexity index is 861. The fraction of sp³-hybridized carbons (Fsp3) is 0.333. The van der Waals surface area contributed by atoms with Gasteiger partial charge in [-0.05, 0) is 50.2 Å². The number of aromatic nitrogens is 1. The zero-order chi connectivity index (χ0) is 21.1. The van der Waals surface area contributed by atoms with E-state index in [0.29, 0.717) is 24.7 Å². The van der Waals surface area contributed by atoms with Crippen molar-refractivity contribution in [3.8, 4) is 17.7 Å². The molecule has 1 aromatic carbocycles. The lowest BCUT2D eigenvalue weighted by atomic mass is 10.2. The van der Waals surface area contributed by atoms with Crippen LogP contribution in [0.1, 0.15) is 30.6 Å². The maximum Gasteiger partial charge on any atom is 0.344 e. The molecule has 2 aromatic rings. The monoisotopic (exact) mass is 397 g/mol. The number of anilines is 1. The van der Waals surface area contributed by atoms with Crippen LogP contribution in [0.5, 0.6) is 11.6 Å². The molecule has 0 aliphatic rings. The van der Waals surface area contributed by atoms with E-state index in [1.807, 2.05) is 13.0 Å². The van der Waals surface area contributed by atoms with E-state index in [0.717, 1.165) is 0 Å². The third-order valence-electron chi connectivity index (χ3n) is 3.81. The Morgan fingerprint density at radius 3 is 2.48 bits per heavy atom. The van der Waals surface area contributed by atoms with Gasteiger partial charge in [0, 0.05) is 18.4 Å². The Morgan fingerprint density at radius 2 is 1.83 bits per heavy atom. The summed E-state index contributed by atoms with van der Waals surface area (Å²) >= 11 is 0. The standard InChI is InChI=1S/C21H23N3O5/c1-3-27-17-10-8-16(9-11-17)24(14-6-12-22)19(25)15-29-21(26)18-7-5-13-23-20(18)28-4-2/h5,7-11,13H,3-4,6,14-15H2,1-2H3. The molecule has 0 N–H and O–H groups in total. The smallest absolute Gasteiger partial charge is 0.344 e. The highest BCUT2D eigenvalue weighted by molar-refractivity contribution is 5.97. The Balaban J connectivity index is 2.08. The molecule has 0 fully saturated rings. The summed E-state index contributed by atoms with van der Waals surface area (Å²) in [6, 6.07) is 12.0. The van der Waals surface area contributed by atoms with Gasteiger partial charge >= 0.3 is 5.97 Å². The van der Waals surface area contributed by atoms with Crippen LogP contribution in [0.3, 0.4) is 0 Å². The molecule has 0 unspecified atom stereocenters. The number of nitriles is 1. The minimum atomic E-state index is -0.707. The summed E-state index contributed by atoms with van der Waals surface area (Å²) in [4.78, 5) is 30.4. The highest BCUT2D eigenvalue weighted by atomic mass is 16.5. The first kappa shape index (κ1) is 21.7. The van der Waals surface area contributed by atoms with E-state index in [1.165, 1.54) is 17.2 Å². The van der Waals surface area contributed by atoms with Crippen LogP contribution in [-0.2, 0) is 9.53 Å². The second-order valence-corrected chi connectivity index (χ2v) is 5.75. The summed E-state index contributed by atoms with van der Waals surface area (Å²) in [5, 5.41) is 8.89. The fourth-order valence-corrected chi connectivity index (χ4v) is 2.53. The van der Waals surface area contributed by atoms with E-state index in [9.17, 15) is 9.59 Å². The molecule has 0 atom stereocenters. The van der Waals surface area contributed by atoms with Crippen LogP contribution in [0, 0.1) is 11.3 Å². The second-order valence-electron chi connectivity index (χ2n) is 5.75. The molecule has 0 saturated heterocycles. The van der Waals surface area contributed by atoms with Crippen LogP contribution in [-0.4, -0.2) is 43.2 Å². The van der Waals surface area contributed by atoms with Gasteiger partial charge in [0.15, 0.2) is 6.61 Å². The molecule has 0 aliphatic heterocycles. The van der Waals surface area contributed by atoms with Gasteiger partial charge in [-0.2, -0.15) is 5.26 Å². The zero-order valence-electron chi connectivity index (χ0n) is 16.5. The average molecular weight is 397 g/mol. The molecule has 29 heavy (non-hydrogen) atoms. The maximum atomic E-state index is 12.7. The summed E-state index contributed by atoms with van der Waals surface area (Å²) in [6.07, 6.45) is 1.65. The van der Waals surface area contributed by atoms with Crippen LogP contribution >= 0.6 is 0 Å². The molecule has 0 spiro atoms. The molecule has 0 bridgehead atoms. The first-order valence-corrected chi connectivity index (χ1v) is 9.25. The number of rotatable bonds is 10. The van der Waals surface area contributed by atoms with Gasteiger partial charge in [-0.25, -0.2) is 9.78 Å². The van der Waals surface area contributed by atoms with Crippen molar-refractivity contribution < 1.29 is 23.8 Å². The number of carbonyl (C=O) groups excluding carboxylic acids is 2. The van der Waals surface area contributed by atoms with Crippen molar-refractivity contribution in [1.82, 2.24) is 4.98 Å². The van der Waals surface area contributed by atoms with Crippen LogP contribution in [0.25, 0.3) is 0 Å². The van der Waals surface area contributed by atoms with Gasteiger partial charge in [-0.15, -0.1) is 0 Å². The van der Waals surface area contributed by atoms with Crippen molar-refractivity contribution in [1.29, 1.82) is 5.26 Å². The second kappa shape index (κ2) is 11.3. The lowest BCUT2D eigenvalue weighted by Crippen LogP contribution is -2.35. The van der Waals surface area contributed by atoms with Crippen molar-refractivity contribution in [3.05, 3.63) is 48.2 Å². The van der Waals surface area contributed by atoms with Crippen molar-refractivity contribution >= 4 is 17.6 Å². The molecule has 8 heteroatoms. The molecule has 0 saturated carbocycles. The van der Waals surface area contributed by atoms with Crippen molar-refractivity contribution in [2.45, 2.75) is 20.3 Å². The molecule has 152 valence electrons. The largest absolute Gasteiger partial charge is 0.494 e. The molecule has 1 amide bonds. The zero-order valence-corrected chi connectivity index (χ0v) is 16.5. The normalized spacial score (nSPS) is 9.97. The average Bonchev–Trinajstić information content (AvgIpc) is 2.74. The third-order valence-corrected chi connectivity index (χ3v) is 3.81. The van der Waals surface area contributed by atoms with E-state index < -0.39 is 18.5 Å². The van der Waals surface area contributed by atoms with Gasteiger partial charge in [-0.1, -0.05) is 0 Å². The maximum absolute atomic E-state index is 12.7. The number of hydrogen-bond donors (Lipinski definition) is 0. The predicted octanol–water partition coefficient (Wildman–Crippen LogP) is 2.98. The van der Waals surface area contributed by atoms with Crippen LogP contribution in [0.2, 0.25) is 0 Å². The SMILES string of the molecule is CCOc1ccc(N(CCC#N)C(=O)COC(=O)c2cccnc2OCC)cc1. The molecule has 2 rings (SSSR count). The summed E-state index contributed by atoms with van der Waals surface area (Å²) in [5.74, 6) is -0.322. The first-order chi connectivity index (χ1) is 14.1. The van der Waals surface area contributed by atoms with Crippen molar-refractivity contribution in [2.75, 3.05) is 31.3 Å². The molecule has 8 nitrogen and oxygen atoms in total. The van der Waals surface area contributed by atoms with Gasteiger partial charge in [-0.3, -0.25) is 4.79 Å².